The van der Waals surface area contributed by atoms with E-state index in [-0.39, 0.29) is 12.2 Å². The topological polar surface area (TPSA) is 72.3 Å². The number of benzene rings is 1. The van der Waals surface area contributed by atoms with Crippen LogP contribution in [0.3, 0.4) is 0 Å². The van der Waals surface area contributed by atoms with Crippen molar-refractivity contribution in [1.29, 1.82) is 0 Å². The second-order valence-electron chi connectivity index (χ2n) is 5.76. The molecule has 0 saturated heterocycles. The monoisotopic (exact) mass is 352 g/mol. The lowest BCUT2D eigenvalue weighted by Crippen LogP contribution is -2.16. The van der Waals surface area contributed by atoms with E-state index >= 15 is 0 Å². The molecule has 0 unspecified atom stereocenters. The van der Waals surface area contributed by atoms with Gasteiger partial charge in [-0.3, -0.25) is 9.89 Å². The van der Waals surface area contributed by atoms with Crippen LogP contribution < -0.4 is 10.3 Å². The summed E-state index contributed by atoms with van der Waals surface area (Å²) in [5, 5.41) is 4.94. The third-order valence-electron chi connectivity index (χ3n) is 4.07. The highest BCUT2D eigenvalue weighted by molar-refractivity contribution is 7.13. The quantitative estimate of drug-likeness (QED) is 0.611. The first-order valence-corrected chi connectivity index (χ1v) is 8.71. The summed E-state index contributed by atoms with van der Waals surface area (Å²) in [5.74, 6) is 1.77. The Morgan fingerprint density at radius 1 is 1.20 bits per heavy atom. The first kappa shape index (κ1) is 15.6. The Hall–Kier alpha value is -2.93. The molecule has 126 valence electrons. The summed E-state index contributed by atoms with van der Waals surface area (Å²) in [6, 6.07) is 11.2. The van der Waals surface area contributed by atoms with Crippen molar-refractivity contribution in [3.63, 3.8) is 0 Å². The van der Waals surface area contributed by atoms with Crippen LogP contribution in [0.1, 0.15) is 16.8 Å². The molecule has 0 saturated carbocycles. The molecule has 7 heteroatoms. The van der Waals surface area contributed by atoms with Crippen LogP contribution in [-0.4, -0.2) is 19.6 Å². The number of fused-ring (bicyclic) bond motifs is 1. The Bertz CT molecular complexity index is 1100. The molecule has 1 aromatic carbocycles. The van der Waals surface area contributed by atoms with Crippen molar-refractivity contribution in [3.05, 3.63) is 69.0 Å². The molecule has 0 aliphatic heterocycles. The molecule has 3 aromatic heterocycles. The highest BCUT2D eigenvalue weighted by Gasteiger charge is 2.11. The zero-order chi connectivity index (χ0) is 17.4. The van der Waals surface area contributed by atoms with Crippen molar-refractivity contribution in [2.45, 2.75) is 20.5 Å². The zero-order valence-corrected chi connectivity index (χ0v) is 14.6. The molecular formula is C18H16N4O2S. The van der Waals surface area contributed by atoms with Gasteiger partial charge in [0, 0.05) is 6.07 Å². The Kier molecular flexibility index (Phi) is 3.85. The van der Waals surface area contributed by atoms with E-state index in [1.54, 1.807) is 11.3 Å². The van der Waals surface area contributed by atoms with Crippen molar-refractivity contribution >= 4 is 17.1 Å². The van der Waals surface area contributed by atoms with E-state index in [2.05, 4.69) is 15.1 Å². The number of nitrogens with one attached hydrogen (secondary N) is 1. The van der Waals surface area contributed by atoms with Crippen molar-refractivity contribution in [3.8, 4) is 16.5 Å². The van der Waals surface area contributed by atoms with E-state index in [1.165, 1.54) is 10.6 Å². The Labute approximate surface area is 147 Å². The van der Waals surface area contributed by atoms with Crippen LogP contribution in [0.15, 0.2) is 46.6 Å². The number of nitrogens with zero attached hydrogens (tertiary/aromatic N) is 3. The van der Waals surface area contributed by atoms with E-state index in [1.807, 2.05) is 49.6 Å². The number of aryl methyl sites for hydroxylation is 1. The van der Waals surface area contributed by atoms with E-state index in [4.69, 9.17) is 4.74 Å². The number of hydrogen-bond acceptors (Lipinski definition) is 5. The minimum absolute atomic E-state index is 0.208. The molecule has 0 fully saturated rings. The first-order valence-electron chi connectivity index (χ1n) is 7.83. The molecule has 0 spiro atoms. The smallest absolute Gasteiger partial charge is 0.274 e. The lowest BCUT2D eigenvalue weighted by atomic mass is 10.1. The lowest BCUT2D eigenvalue weighted by molar-refractivity contribution is 0.299. The minimum Gasteiger partial charge on any atom is -0.487 e. The molecule has 0 atom stereocenters. The maximum absolute atomic E-state index is 12.3. The molecule has 0 aliphatic carbocycles. The molecule has 6 nitrogen and oxygen atoms in total. The number of rotatable bonds is 4. The van der Waals surface area contributed by atoms with Crippen LogP contribution in [0.4, 0.5) is 0 Å². The highest BCUT2D eigenvalue weighted by Crippen LogP contribution is 2.22. The fourth-order valence-corrected chi connectivity index (χ4v) is 3.22. The average Bonchev–Trinajstić information content (AvgIpc) is 3.25. The Morgan fingerprint density at radius 2 is 2.08 bits per heavy atom. The fraction of sp³-hybridized carbons (Fsp3) is 0.167. The van der Waals surface area contributed by atoms with Crippen LogP contribution >= 0.6 is 11.3 Å². The van der Waals surface area contributed by atoms with Gasteiger partial charge in [-0.25, -0.2) is 4.98 Å². The van der Waals surface area contributed by atoms with E-state index < -0.39 is 0 Å². The predicted octanol–water partition coefficient (Wildman–Crippen LogP) is 3.34. The van der Waals surface area contributed by atoms with E-state index in [0.717, 1.165) is 21.8 Å². The minimum atomic E-state index is -0.208. The second-order valence-corrected chi connectivity index (χ2v) is 6.71. The summed E-state index contributed by atoms with van der Waals surface area (Å²) in [5.41, 5.74) is 2.59. The van der Waals surface area contributed by atoms with Crippen molar-refractivity contribution in [1.82, 2.24) is 19.6 Å². The maximum atomic E-state index is 12.3. The fourth-order valence-electron chi connectivity index (χ4n) is 2.56. The molecule has 0 radical (unpaired) electrons. The predicted molar refractivity (Wildman–Crippen MR) is 97.2 cm³/mol. The summed E-state index contributed by atoms with van der Waals surface area (Å²) in [7, 11) is 0. The second kappa shape index (κ2) is 6.18. The van der Waals surface area contributed by atoms with Gasteiger partial charge in [0.25, 0.3) is 11.3 Å². The lowest BCUT2D eigenvalue weighted by Gasteiger charge is -2.10. The summed E-state index contributed by atoms with van der Waals surface area (Å²) in [6.45, 7) is 4.27. The van der Waals surface area contributed by atoms with Crippen molar-refractivity contribution < 1.29 is 4.74 Å². The van der Waals surface area contributed by atoms with Gasteiger partial charge < -0.3 is 4.74 Å². The summed E-state index contributed by atoms with van der Waals surface area (Å²) < 4.78 is 7.18. The van der Waals surface area contributed by atoms with Gasteiger partial charge in [-0.2, -0.15) is 9.50 Å². The molecule has 4 aromatic rings. The van der Waals surface area contributed by atoms with Crippen LogP contribution in [0, 0.1) is 13.8 Å². The van der Waals surface area contributed by atoms with E-state index in [9.17, 15) is 4.79 Å². The molecule has 0 bridgehead atoms. The third-order valence-corrected chi connectivity index (χ3v) is 4.95. The van der Waals surface area contributed by atoms with Crippen LogP contribution in [0.25, 0.3) is 16.5 Å². The largest absolute Gasteiger partial charge is 0.487 e. The summed E-state index contributed by atoms with van der Waals surface area (Å²) >= 11 is 1.55. The molecular weight excluding hydrogens is 336 g/mol. The number of ether oxygens (including phenoxy) is 1. The first-order chi connectivity index (χ1) is 12.1. The number of hydrogen-bond donors (Lipinski definition) is 1. The maximum Gasteiger partial charge on any atom is 0.274 e. The molecule has 0 aliphatic rings. The molecule has 4 rings (SSSR count). The average molecular weight is 352 g/mol. The van der Waals surface area contributed by atoms with Gasteiger partial charge in [-0.15, -0.1) is 11.3 Å². The van der Waals surface area contributed by atoms with Gasteiger partial charge in [0.15, 0.2) is 5.82 Å². The standard InChI is InChI=1S/C18H16N4O2S/c1-11-5-3-6-14(12(11)2)24-10-13-9-16(23)22-18(19-13)20-17(21-22)15-7-4-8-25-15/h3-9H,10H2,1-2H3,(H,19,20,21). The number of aromatic amines is 1. The van der Waals surface area contributed by atoms with Gasteiger partial charge in [0.2, 0.25) is 0 Å². The molecule has 3 heterocycles. The van der Waals surface area contributed by atoms with Gasteiger partial charge >= 0.3 is 0 Å². The van der Waals surface area contributed by atoms with Crippen molar-refractivity contribution in [2.24, 2.45) is 0 Å². The number of aromatic nitrogens is 4. The number of H-pyrrole nitrogens is 1. The molecule has 25 heavy (non-hydrogen) atoms. The van der Waals surface area contributed by atoms with Crippen molar-refractivity contribution in [2.75, 3.05) is 0 Å². The van der Waals surface area contributed by atoms with E-state index in [0.29, 0.717) is 17.3 Å². The number of thiophene rings is 1. The van der Waals surface area contributed by atoms with Crippen LogP contribution in [0.5, 0.6) is 5.75 Å². The Balaban J connectivity index is 1.64. The molecule has 1 N–H and O–H groups in total. The van der Waals surface area contributed by atoms with Crippen LogP contribution in [-0.2, 0) is 6.61 Å². The molecule has 0 amide bonds. The van der Waals surface area contributed by atoms with Gasteiger partial charge in [0.05, 0.1) is 10.6 Å². The Morgan fingerprint density at radius 3 is 2.88 bits per heavy atom. The third kappa shape index (κ3) is 2.94. The summed E-state index contributed by atoms with van der Waals surface area (Å²) in [4.78, 5) is 22.1. The SMILES string of the molecule is Cc1cccc(OCc2cc(=O)n3[nH]c(-c4cccs4)nc3n2)c1C. The van der Waals surface area contributed by atoms with Gasteiger partial charge in [-0.05, 0) is 42.5 Å². The van der Waals surface area contributed by atoms with Crippen LogP contribution in [0.2, 0.25) is 0 Å². The van der Waals surface area contributed by atoms with Gasteiger partial charge in [-0.1, -0.05) is 18.2 Å². The summed E-state index contributed by atoms with van der Waals surface area (Å²) in [6.07, 6.45) is 0. The normalized spacial score (nSPS) is 11.1. The zero-order valence-electron chi connectivity index (χ0n) is 13.8. The highest BCUT2D eigenvalue weighted by atomic mass is 32.1. The van der Waals surface area contributed by atoms with Gasteiger partial charge in [0.1, 0.15) is 12.4 Å².